The van der Waals surface area contributed by atoms with Crippen LogP contribution in [0.1, 0.15) is 63.7 Å². The van der Waals surface area contributed by atoms with Crippen molar-refractivity contribution in [3.63, 3.8) is 0 Å². The van der Waals surface area contributed by atoms with E-state index in [1.807, 2.05) is 13.0 Å². The molecule has 0 aliphatic carbocycles. The molecule has 0 saturated heterocycles. The first-order valence-electron chi connectivity index (χ1n) is 13.6. The lowest BCUT2D eigenvalue weighted by atomic mass is 10.1. The van der Waals surface area contributed by atoms with Gasteiger partial charge in [-0.25, -0.2) is 4.57 Å². The molecule has 0 radical (unpaired) electrons. The lowest BCUT2D eigenvalue weighted by Gasteiger charge is -2.30. The van der Waals surface area contributed by atoms with Crippen molar-refractivity contribution in [1.82, 2.24) is 0 Å². The van der Waals surface area contributed by atoms with Crippen LogP contribution in [0.2, 0.25) is 0 Å². The van der Waals surface area contributed by atoms with Gasteiger partial charge >= 0.3 is 7.82 Å². The summed E-state index contributed by atoms with van der Waals surface area (Å²) in [6.45, 7) is 8.16. The highest BCUT2D eigenvalue weighted by atomic mass is 31.2. The first kappa shape index (κ1) is 35.0. The number of fused-ring (bicyclic) bond motifs is 2. The van der Waals surface area contributed by atoms with Crippen LogP contribution in [0, 0.1) is 0 Å². The van der Waals surface area contributed by atoms with E-state index in [0.717, 1.165) is 43.4 Å². The molecule has 240 valence electrons. The van der Waals surface area contributed by atoms with Crippen LogP contribution in [0.3, 0.4) is 0 Å². The molecular formula is C28H38N4O10P2. The molecule has 8 N–H and O–H groups in total. The number of allylic oxidation sites excluding steroid dienone is 5. The van der Waals surface area contributed by atoms with Crippen molar-refractivity contribution in [3.05, 3.63) is 70.8 Å². The summed E-state index contributed by atoms with van der Waals surface area (Å²) >= 11 is 0. The molecule has 1 heterocycles. The number of phenolic OH excluding ortho intramolecular Hbond substituents is 1. The van der Waals surface area contributed by atoms with E-state index >= 15 is 0 Å². The molecule has 1 aliphatic heterocycles. The van der Waals surface area contributed by atoms with Gasteiger partial charge in [0.25, 0.3) is 5.91 Å². The molecule has 44 heavy (non-hydrogen) atoms. The lowest BCUT2D eigenvalue weighted by molar-refractivity contribution is -0.682. The number of quaternary nitrogens is 2. The lowest BCUT2D eigenvalue weighted by Crippen LogP contribution is -2.54. The summed E-state index contributed by atoms with van der Waals surface area (Å²) < 4.78 is 43.0. The van der Waals surface area contributed by atoms with E-state index in [1.165, 1.54) is 34.2 Å². The van der Waals surface area contributed by atoms with Crippen LogP contribution in [0.25, 0.3) is 0 Å². The highest BCUT2D eigenvalue weighted by Gasteiger charge is 2.36. The number of carbonyl (C=O) groups excluding carboxylic acids is 1. The van der Waals surface area contributed by atoms with E-state index in [1.54, 1.807) is 0 Å². The Hall–Kier alpha value is -3.45. The van der Waals surface area contributed by atoms with Gasteiger partial charge in [0.15, 0.2) is 5.75 Å². The minimum absolute atomic E-state index is 0.00432. The van der Waals surface area contributed by atoms with Crippen LogP contribution < -0.4 is 40.8 Å². The summed E-state index contributed by atoms with van der Waals surface area (Å²) in [5.41, 5.74) is 3.53. The number of phosphoric acid groups is 2. The van der Waals surface area contributed by atoms with E-state index in [4.69, 9.17) is 4.52 Å². The molecule has 14 nitrogen and oxygen atoms in total. The Bertz CT molecular complexity index is 1560. The zero-order valence-electron chi connectivity index (χ0n) is 25.0. The first-order valence-corrected chi connectivity index (χ1v) is 16.5. The molecule has 3 rings (SSSR count). The number of amides is 1. The van der Waals surface area contributed by atoms with Crippen molar-refractivity contribution < 1.29 is 58.9 Å². The van der Waals surface area contributed by atoms with Crippen LogP contribution in [-0.2, 0) is 18.4 Å². The number of phenols is 1. The van der Waals surface area contributed by atoms with Crippen molar-refractivity contribution >= 4 is 38.6 Å². The second-order valence-corrected chi connectivity index (χ2v) is 13.0. The minimum Gasteiger partial charge on any atom is -0.780 e. The van der Waals surface area contributed by atoms with Gasteiger partial charge in [-0.1, -0.05) is 50.3 Å². The van der Waals surface area contributed by atoms with Crippen molar-refractivity contribution in [1.29, 1.82) is 0 Å². The van der Waals surface area contributed by atoms with Crippen molar-refractivity contribution in [2.45, 2.75) is 53.4 Å². The van der Waals surface area contributed by atoms with E-state index in [9.17, 15) is 28.8 Å². The molecule has 0 fully saturated rings. The highest BCUT2D eigenvalue weighted by molar-refractivity contribution is 7.48. The fourth-order valence-corrected chi connectivity index (χ4v) is 5.32. The maximum absolute atomic E-state index is 14.0. The first-order chi connectivity index (χ1) is 20.7. The quantitative estimate of drug-likeness (QED) is 0.0999. The summed E-state index contributed by atoms with van der Waals surface area (Å²) in [6, 6.07) is 6.35. The fourth-order valence-electron chi connectivity index (χ4n) is 4.38. The summed E-state index contributed by atoms with van der Waals surface area (Å²) in [6.07, 6.45) is 9.67. The predicted molar refractivity (Wildman–Crippen MR) is 159 cm³/mol. The van der Waals surface area contributed by atoms with Gasteiger partial charge in [0.1, 0.15) is 25.0 Å². The van der Waals surface area contributed by atoms with Gasteiger partial charge < -0.3 is 38.7 Å². The number of hydrogen-bond acceptors (Lipinski definition) is 11. The van der Waals surface area contributed by atoms with Gasteiger partial charge in [-0.3, -0.25) is 4.79 Å². The highest BCUT2D eigenvalue weighted by Crippen LogP contribution is 2.51. The number of nitrogens with zero attached hydrogens (tertiary/aromatic N) is 1. The summed E-state index contributed by atoms with van der Waals surface area (Å²) in [5, 5.41) is 13.8. The van der Waals surface area contributed by atoms with E-state index < -0.39 is 33.1 Å². The largest absolute Gasteiger partial charge is 0.780 e. The van der Waals surface area contributed by atoms with Gasteiger partial charge in [-0.2, -0.15) is 11.8 Å². The van der Waals surface area contributed by atoms with Gasteiger partial charge in [0.2, 0.25) is 0 Å². The number of phosphoric ester groups is 1. The molecular weight excluding hydrogens is 614 g/mol. The molecule has 0 atom stereocenters. The van der Waals surface area contributed by atoms with Crippen molar-refractivity contribution in [2.75, 3.05) is 16.8 Å². The topological polar surface area (TPSA) is 225 Å². The third-order valence-corrected chi connectivity index (χ3v) is 8.09. The minimum atomic E-state index is -5.50. The molecule has 1 amide bonds. The van der Waals surface area contributed by atoms with E-state index in [0.29, 0.717) is 0 Å². The zero-order chi connectivity index (χ0) is 32.7. The van der Waals surface area contributed by atoms with Crippen LogP contribution in [0.15, 0.2) is 65.3 Å². The van der Waals surface area contributed by atoms with Crippen molar-refractivity contribution in [2.24, 2.45) is 0 Å². The van der Waals surface area contributed by atoms with Crippen molar-refractivity contribution in [3.8, 4) is 17.2 Å². The van der Waals surface area contributed by atoms with Gasteiger partial charge in [-0.05, 0) is 65.5 Å². The Labute approximate surface area is 255 Å². The molecule has 0 saturated carbocycles. The number of rotatable bonds is 14. The molecule has 16 heteroatoms. The van der Waals surface area contributed by atoms with Crippen LogP contribution in [-0.4, -0.2) is 17.6 Å². The Balaban J connectivity index is 2.00. The van der Waals surface area contributed by atoms with Gasteiger partial charge in [-0.15, -0.1) is 0 Å². The van der Waals surface area contributed by atoms with Crippen LogP contribution >= 0.6 is 15.6 Å². The second kappa shape index (κ2) is 15.0. The SMILES string of the molecule is CC(C)=CCC/C(C)=C/CC/C(C)=C/CN1C(=O)c2cccc(OP(=O)(O[NH3+])O[NH3+])c2Nc2c(O)cc(OP(=O)([O-])[O-])cc21. The molecule has 0 unspecified atom stereocenters. The number of hydrogen-bond donors (Lipinski definition) is 4. The molecule has 2 aromatic carbocycles. The van der Waals surface area contributed by atoms with E-state index in [2.05, 4.69) is 63.8 Å². The summed E-state index contributed by atoms with van der Waals surface area (Å²) in [5.74, 6) is 4.35. The van der Waals surface area contributed by atoms with Crippen LogP contribution in [0.5, 0.6) is 17.2 Å². The number of aromatic hydroxyl groups is 1. The molecule has 0 spiro atoms. The van der Waals surface area contributed by atoms with Gasteiger partial charge in [0.05, 0.1) is 16.9 Å². The van der Waals surface area contributed by atoms with E-state index in [-0.39, 0.29) is 34.9 Å². The maximum atomic E-state index is 14.0. The number of para-hydroxylation sites is 1. The third-order valence-electron chi connectivity index (χ3n) is 6.60. The average molecular weight is 653 g/mol. The monoisotopic (exact) mass is 652 g/mol. The Kier molecular flexibility index (Phi) is 12.0. The second-order valence-electron chi connectivity index (χ2n) is 10.4. The smallest absolute Gasteiger partial charge is 0.624 e. The standard InChI is InChI=1S/C28H38N4O10P2/c1-18(2)8-5-9-19(3)10-6-11-20(4)14-15-32-23-16-21(39-43(35,36)37)17-24(33)27(23)31-26-22(28(32)34)12-7-13-25(26)40-44(38,41-29)42-30/h7-8,10,12-14,16-17H,5-6,9,11,15H2,1-4,29-30H3,(H2-2,31,33,34,35,36,37)/b19-10+,20-14+. The average Bonchev–Trinajstić information content (AvgIpc) is 3.05. The molecule has 0 bridgehead atoms. The number of carbonyl (C=O) groups is 1. The predicted octanol–water partition coefficient (Wildman–Crippen LogP) is 3.56. The Morgan fingerprint density at radius 1 is 0.955 bits per heavy atom. The molecule has 0 aromatic heterocycles. The number of anilines is 3. The zero-order valence-corrected chi connectivity index (χ0v) is 26.8. The summed E-state index contributed by atoms with van der Waals surface area (Å²) in [4.78, 5) is 37.9. The molecule has 1 aliphatic rings. The van der Waals surface area contributed by atoms with Gasteiger partial charge in [0, 0.05) is 18.7 Å². The number of benzene rings is 2. The molecule has 2 aromatic rings. The number of nitrogens with one attached hydrogen (secondary N) is 1. The normalized spacial score (nSPS) is 13.9. The Morgan fingerprint density at radius 2 is 1.59 bits per heavy atom. The maximum Gasteiger partial charge on any atom is 0.624 e. The Morgan fingerprint density at radius 3 is 2.20 bits per heavy atom. The van der Waals surface area contributed by atoms with Crippen LogP contribution in [0.4, 0.5) is 17.1 Å². The third kappa shape index (κ3) is 9.52. The fraction of sp³-hybridized carbons (Fsp3) is 0.321. The summed E-state index contributed by atoms with van der Waals surface area (Å²) in [7, 11) is -9.77.